The number of amides is 1. The van der Waals surface area contributed by atoms with Gasteiger partial charge in [-0.25, -0.2) is 8.42 Å². The fourth-order valence-electron chi connectivity index (χ4n) is 2.93. The molecule has 1 aromatic carbocycles. The molecule has 2 rings (SSSR count). The van der Waals surface area contributed by atoms with E-state index >= 15 is 0 Å². The van der Waals surface area contributed by atoms with Crippen LogP contribution in [0.4, 0.5) is 5.69 Å². The molecule has 1 aliphatic rings. The van der Waals surface area contributed by atoms with Crippen molar-refractivity contribution in [1.82, 2.24) is 4.90 Å². The van der Waals surface area contributed by atoms with Crippen LogP contribution in [0.1, 0.15) is 27.7 Å². The van der Waals surface area contributed by atoms with Gasteiger partial charge in [0.1, 0.15) is 13.2 Å². The summed E-state index contributed by atoms with van der Waals surface area (Å²) >= 11 is 0. The van der Waals surface area contributed by atoms with Gasteiger partial charge in [-0.2, -0.15) is 0 Å². The molecule has 0 fully saturated rings. The van der Waals surface area contributed by atoms with Crippen LogP contribution in [-0.4, -0.2) is 62.9 Å². The summed E-state index contributed by atoms with van der Waals surface area (Å²) in [6.45, 7) is 6.47. The molecule has 156 valence electrons. The van der Waals surface area contributed by atoms with Crippen molar-refractivity contribution in [2.45, 2.75) is 39.3 Å². The SMILES string of the molecule is CC(=O)OC1(CN(C(C)=O)C(C)C)COc2ccc(NS(C)(=O)=O)cc2OC1. The highest BCUT2D eigenvalue weighted by Gasteiger charge is 2.41. The van der Waals surface area contributed by atoms with Crippen LogP contribution in [0.25, 0.3) is 0 Å². The molecule has 0 aliphatic carbocycles. The van der Waals surface area contributed by atoms with Crippen LogP contribution in [0.5, 0.6) is 11.5 Å². The molecule has 28 heavy (non-hydrogen) atoms. The largest absolute Gasteiger partial charge is 0.485 e. The number of benzene rings is 1. The lowest BCUT2D eigenvalue weighted by molar-refractivity contribution is -0.169. The summed E-state index contributed by atoms with van der Waals surface area (Å²) in [7, 11) is -3.45. The van der Waals surface area contributed by atoms with Crippen molar-refractivity contribution >= 4 is 27.6 Å². The number of fused-ring (bicyclic) bond motifs is 1. The molecule has 10 heteroatoms. The lowest BCUT2D eigenvalue weighted by Gasteiger charge is -2.37. The van der Waals surface area contributed by atoms with Crippen LogP contribution < -0.4 is 14.2 Å². The highest BCUT2D eigenvalue weighted by Crippen LogP contribution is 2.35. The molecule has 1 aliphatic heterocycles. The zero-order chi connectivity index (χ0) is 21.1. The monoisotopic (exact) mass is 414 g/mol. The Morgan fingerprint density at radius 1 is 1.21 bits per heavy atom. The van der Waals surface area contributed by atoms with Crippen LogP contribution >= 0.6 is 0 Å². The van der Waals surface area contributed by atoms with Crippen molar-refractivity contribution in [3.63, 3.8) is 0 Å². The van der Waals surface area contributed by atoms with E-state index in [0.29, 0.717) is 17.2 Å². The van der Waals surface area contributed by atoms with Crippen molar-refractivity contribution in [1.29, 1.82) is 0 Å². The van der Waals surface area contributed by atoms with E-state index in [2.05, 4.69) is 4.72 Å². The number of hydrogen-bond acceptors (Lipinski definition) is 7. The minimum Gasteiger partial charge on any atom is -0.485 e. The highest BCUT2D eigenvalue weighted by atomic mass is 32.2. The molecule has 1 aromatic rings. The first-order valence-corrected chi connectivity index (χ1v) is 10.6. The minimum absolute atomic E-state index is 0.0189. The lowest BCUT2D eigenvalue weighted by Crippen LogP contribution is -2.56. The van der Waals surface area contributed by atoms with Gasteiger partial charge in [-0.3, -0.25) is 14.3 Å². The van der Waals surface area contributed by atoms with Gasteiger partial charge in [0.2, 0.25) is 15.9 Å². The van der Waals surface area contributed by atoms with Gasteiger partial charge < -0.3 is 19.1 Å². The molecule has 1 N–H and O–H groups in total. The van der Waals surface area contributed by atoms with E-state index in [0.717, 1.165) is 6.26 Å². The smallest absolute Gasteiger partial charge is 0.303 e. The number of rotatable bonds is 6. The molecule has 0 radical (unpaired) electrons. The van der Waals surface area contributed by atoms with E-state index in [-0.39, 0.29) is 31.7 Å². The number of esters is 1. The number of carbonyl (C=O) groups excluding carboxylic acids is 2. The Hall–Kier alpha value is -2.49. The van der Waals surface area contributed by atoms with Gasteiger partial charge in [0.25, 0.3) is 0 Å². The van der Waals surface area contributed by atoms with Crippen molar-refractivity contribution in [3.05, 3.63) is 18.2 Å². The molecule has 0 saturated carbocycles. The molecular formula is C18H26N2O7S. The number of anilines is 1. The second kappa shape index (κ2) is 8.26. The fraction of sp³-hybridized carbons (Fsp3) is 0.556. The van der Waals surface area contributed by atoms with E-state index in [1.807, 2.05) is 13.8 Å². The number of ether oxygens (including phenoxy) is 3. The molecule has 0 bridgehead atoms. The van der Waals surface area contributed by atoms with Crippen LogP contribution in [0.15, 0.2) is 18.2 Å². The predicted molar refractivity (Wildman–Crippen MR) is 103 cm³/mol. The summed E-state index contributed by atoms with van der Waals surface area (Å²) < 4.78 is 42.4. The maximum atomic E-state index is 12.0. The molecule has 1 unspecified atom stereocenters. The van der Waals surface area contributed by atoms with E-state index in [9.17, 15) is 18.0 Å². The highest BCUT2D eigenvalue weighted by molar-refractivity contribution is 7.92. The quantitative estimate of drug-likeness (QED) is 0.700. The maximum absolute atomic E-state index is 12.0. The summed E-state index contributed by atoms with van der Waals surface area (Å²) in [4.78, 5) is 25.3. The number of carbonyl (C=O) groups is 2. The zero-order valence-corrected chi connectivity index (χ0v) is 17.5. The van der Waals surface area contributed by atoms with Crippen LogP contribution in [0, 0.1) is 0 Å². The average Bonchev–Trinajstić information content (AvgIpc) is 2.70. The van der Waals surface area contributed by atoms with E-state index in [1.165, 1.54) is 26.0 Å². The van der Waals surface area contributed by atoms with Gasteiger partial charge >= 0.3 is 5.97 Å². The fourth-order valence-corrected chi connectivity index (χ4v) is 3.49. The molecule has 0 aromatic heterocycles. The van der Waals surface area contributed by atoms with Crippen LogP contribution in [-0.2, 0) is 24.3 Å². The summed E-state index contributed by atoms with van der Waals surface area (Å²) in [5.74, 6) is 0.00127. The van der Waals surface area contributed by atoms with E-state index in [4.69, 9.17) is 14.2 Å². The molecular weight excluding hydrogens is 388 g/mol. The Labute approximate surface area is 165 Å². The van der Waals surface area contributed by atoms with Crippen molar-refractivity contribution in [3.8, 4) is 11.5 Å². The third-order valence-electron chi connectivity index (χ3n) is 4.07. The summed E-state index contributed by atoms with van der Waals surface area (Å²) in [6, 6.07) is 4.49. The summed E-state index contributed by atoms with van der Waals surface area (Å²) in [5.41, 5.74) is -0.886. The van der Waals surface area contributed by atoms with Gasteiger partial charge in [-0.05, 0) is 26.0 Å². The number of nitrogens with zero attached hydrogens (tertiary/aromatic N) is 1. The first kappa shape index (κ1) is 21.8. The number of nitrogens with one attached hydrogen (secondary N) is 1. The predicted octanol–water partition coefficient (Wildman–Crippen LogP) is 1.39. The third-order valence-corrected chi connectivity index (χ3v) is 4.68. The molecule has 0 saturated heterocycles. The van der Waals surface area contributed by atoms with Gasteiger partial charge in [-0.15, -0.1) is 0 Å². The lowest BCUT2D eigenvalue weighted by atomic mass is 10.0. The standard InChI is InChI=1S/C18H26N2O7S/c1-12(2)20(13(3)21)9-18(27-14(4)22)10-25-16-7-6-15(19-28(5,23)24)8-17(16)26-11-18/h6-8,12,19H,9-11H2,1-5H3. The number of hydrogen-bond donors (Lipinski definition) is 1. The van der Waals surface area contributed by atoms with Crippen LogP contribution in [0.3, 0.4) is 0 Å². The maximum Gasteiger partial charge on any atom is 0.303 e. The summed E-state index contributed by atoms with van der Waals surface area (Å²) in [6.07, 6.45) is 1.05. The Morgan fingerprint density at radius 3 is 2.32 bits per heavy atom. The van der Waals surface area contributed by atoms with Crippen molar-refractivity contribution in [2.24, 2.45) is 0 Å². The second-order valence-electron chi connectivity index (χ2n) is 7.13. The van der Waals surface area contributed by atoms with Gasteiger partial charge in [0.15, 0.2) is 17.1 Å². The average molecular weight is 414 g/mol. The first-order valence-electron chi connectivity index (χ1n) is 8.75. The Bertz CT molecular complexity index is 853. The topological polar surface area (TPSA) is 111 Å². The summed E-state index contributed by atoms with van der Waals surface area (Å²) in [5, 5.41) is 0. The van der Waals surface area contributed by atoms with E-state index in [1.54, 1.807) is 11.0 Å². The second-order valence-corrected chi connectivity index (χ2v) is 8.88. The van der Waals surface area contributed by atoms with Gasteiger partial charge in [0, 0.05) is 26.0 Å². The Kier molecular flexibility index (Phi) is 6.43. The zero-order valence-electron chi connectivity index (χ0n) is 16.6. The minimum atomic E-state index is -3.45. The molecule has 1 atom stereocenters. The molecule has 1 amide bonds. The first-order chi connectivity index (χ1) is 12.9. The van der Waals surface area contributed by atoms with Gasteiger partial charge in [-0.1, -0.05) is 0 Å². The van der Waals surface area contributed by atoms with Gasteiger partial charge in [0.05, 0.1) is 18.5 Å². The molecule has 9 nitrogen and oxygen atoms in total. The molecule has 1 heterocycles. The number of sulfonamides is 1. The van der Waals surface area contributed by atoms with Crippen molar-refractivity contribution in [2.75, 3.05) is 30.7 Å². The normalized spacial score (nSPS) is 18.9. The Morgan fingerprint density at radius 2 is 1.82 bits per heavy atom. The van der Waals surface area contributed by atoms with E-state index < -0.39 is 21.6 Å². The third kappa shape index (κ3) is 5.75. The Balaban J connectivity index is 2.30. The van der Waals surface area contributed by atoms with Crippen LogP contribution in [0.2, 0.25) is 0 Å². The van der Waals surface area contributed by atoms with Crippen molar-refractivity contribution < 1.29 is 32.2 Å². The molecule has 0 spiro atoms.